The minimum atomic E-state index is -0.345. The number of hydrogen-bond donors (Lipinski definition) is 2. The molecule has 0 rings (SSSR count). The van der Waals surface area contributed by atoms with Crippen molar-refractivity contribution >= 4 is 5.91 Å². The maximum absolute atomic E-state index is 11.9. The zero-order valence-corrected chi connectivity index (χ0v) is 12.7. The van der Waals surface area contributed by atoms with Crippen molar-refractivity contribution in [3.8, 4) is 0 Å². The molecule has 2 unspecified atom stereocenters. The molecule has 0 bridgehead atoms. The van der Waals surface area contributed by atoms with Crippen molar-refractivity contribution in [1.82, 2.24) is 5.32 Å². The van der Waals surface area contributed by atoms with Crippen molar-refractivity contribution in [2.75, 3.05) is 6.54 Å². The van der Waals surface area contributed by atoms with E-state index in [0.717, 1.165) is 25.8 Å². The quantitative estimate of drug-likeness (QED) is 0.667. The minimum absolute atomic E-state index is 0.0501. The van der Waals surface area contributed by atoms with Gasteiger partial charge in [-0.15, -0.1) is 0 Å². The summed E-state index contributed by atoms with van der Waals surface area (Å²) in [5.74, 6) is 1.12. The summed E-state index contributed by atoms with van der Waals surface area (Å²) < 4.78 is 0. The molecule has 0 saturated carbocycles. The van der Waals surface area contributed by atoms with Gasteiger partial charge in [-0.05, 0) is 37.5 Å². The van der Waals surface area contributed by atoms with E-state index in [4.69, 9.17) is 0 Å². The standard InChI is InChI=1S/C15H31NO2/c1-6-13(15(18)16-10-12(4)5)9-14(17)8-7-11(2)3/h11-14,17H,6-10H2,1-5H3,(H,16,18). The number of carbonyl (C=O) groups is 1. The highest BCUT2D eigenvalue weighted by atomic mass is 16.3. The van der Waals surface area contributed by atoms with E-state index in [1.165, 1.54) is 0 Å². The lowest BCUT2D eigenvalue weighted by molar-refractivity contribution is -0.126. The van der Waals surface area contributed by atoms with E-state index in [2.05, 4.69) is 33.0 Å². The lowest BCUT2D eigenvalue weighted by Gasteiger charge is -2.19. The Morgan fingerprint density at radius 2 is 1.72 bits per heavy atom. The van der Waals surface area contributed by atoms with Gasteiger partial charge in [0, 0.05) is 12.5 Å². The molecule has 0 spiro atoms. The van der Waals surface area contributed by atoms with Gasteiger partial charge in [0.05, 0.1) is 6.10 Å². The maximum atomic E-state index is 11.9. The van der Waals surface area contributed by atoms with Crippen molar-refractivity contribution in [1.29, 1.82) is 0 Å². The average Bonchev–Trinajstić information content (AvgIpc) is 2.30. The molecule has 0 aromatic rings. The van der Waals surface area contributed by atoms with E-state index in [9.17, 15) is 9.90 Å². The molecule has 0 saturated heterocycles. The first kappa shape index (κ1) is 17.4. The molecule has 2 atom stereocenters. The molecule has 3 heteroatoms. The van der Waals surface area contributed by atoms with Crippen LogP contribution in [0.3, 0.4) is 0 Å². The van der Waals surface area contributed by atoms with Gasteiger partial charge in [0.15, 0.2) is 0 Å². The fourth-order valence-electron chi connectivity index (χ4n) is 1.88. The molecule has 0 aliphatic heterocycles. The second-order valence-corrected chi connectivity index (χ2v) is 6.10. The average molecular weight is 257 g/mol. The number of hydrogen-bond acceptors (Lipinski definition) is 2. The molecule has 1 amide bonds. The van der Waals surface area contributed by atoms with E-state index < -0.39 is 0 Å². The van der Waals surface area contributed by atoms with Gasteiger partial charge >= 0.3 is 0 Å². The molecular weight excluding hydrogens is 226 g/mol. The van der Waals surface area contributed by atoms with Gasteiger partial charge in [-0.3, -0.25) is 4.79 Å². The van der Waals surface area contributed by atoms with Gasteiger partial charge in [0.1, 0.15) is 0 Å². The Balaban J connectivity index is 4.04. The highest BCUT2D eigenvalue weighted by molar-refractivity contribution is 5.78. The van der Waals surface area contributed by atoms with Crippen LogP contribution in [0.5, 0.6) is 0 Å². The molecule has 0 aromatic heterocycles. The van der Waals surface area contributed by atoms with Crippen LogP contribution in [0.2, 0.25) is 0 Å². The summed E-state index contributed by atoms with van der Waals surface area (Å²) in [7, 11) is 0. The van der Waals surface area contributed by atoms with Gasteiger partial charge < -0.3 is 10.4 Å². The summed E-state index contributed by atoms with van der Waals surface area (Å²) in [4.78, 5) is 11.9. The van der Waals surface area contributed by atoms with Crippen LogP contribution in [-0.2, 0) is 4.79 Å². The predicted molar refractivity (Wildman–Crippen MR) is 76.3 cm³/mol. The molecule has 108 valence electrons. The van der Waals surface area contributed by atoms with Crippen LogP contribution in [0.25, 0.3) is 0 Å². The monoisotopic (exact) mass is 257 g/mol. The number of aliphatic hydroxyl groups excluding tert-OH is 1. The van der Waals surface area contributed by atoms with E-state index in [0.29, 0.717) is 18.3 Å². The van der Waals surface area contributed by atoms with Crippen LogP contribution in [0, 0.1) is 17.8 Å². The van der Waals surface area contributed by atoms with Crippen molar-refractivity contribution < 1.29 is 9.90 Å². The summed E-state index contributed by atoms with van der Waals surface area (Å²) in [6.45, 7) is 11.2. The first-order chi connectivity index (χ1) is 8.36. The summed E-state index contributed by atoms with van der Waals surface area (Å²) in [6.07, 6.45) is 2.86. The molecular formula is C15H31NO2. The third-order valence-electron chi connectivity index (χ3n) is 3.18. The molecule has 18 heavy (non-hydrogen) atoms. The first-order valence-electron chi connectivity index (χ1n) is 7.32. The smallest absolute Gasteiger partial charge is 0.223 e. The van der Waals surface area contributed by atoms with Gasteiger partial charge in [-0.1, -0.05) is 34.6 Å². The Bertz CT molecular complexity index is 227. The Morgan fingerprint density at radius 1 is 1.11 bits per heavy atom. The van der Waals surface area contributed by atoms with Crippen LogP contribution in [0.4, 0.5) is 0 Å². The van der Waals surface area contributed by atoms with Gasteiger partial charge in [-0.25, -0.2) is 0 Å². The first-order valence-corrected chi connectivity index (χ1v) is 7.32. The zero-order valence-electron chi connectivity index (χ0n) is 12.7. The van der Waals surface area contributed by atoms with Crippen molar-refractivity contribution in [3.63, 3.8) is 0 Å². The fraction of sp³-hybridized carbons (Fsp3) is 0.933. The van der Waals surface area contributed by atoms with E-state index in [1.54, 1.807) is 0 Å². The number of aliphatic hydroxyl groups is 1. The molecule has 0 aliphatic rings. The Labute approximate surface area is 112 Å². The number of amides is 1. The molecule has 0 aromatic carbocycles. The second kappa shape index (κ2) is 9.37. The highest BCUT2D eigenvalue weighted by Crippen LogP contribution is 2.16. The lowest BCUT2D eigenvalue weighted by atomic mass is 9.93. The SMILES string of the molecule is CCC(CC(O)CCC(C)C)C(=O)NCC(C)C. The van der Waals surface area contributed by atoms with Crippen LogP contribution >= 0.6 is 0 Å². The van der Waals surface area contributed by atoms with Crippen molar-refractivity contribution in [2.45, 2.75) is 66.4 Å². The third-order valence-corrected chi connectivity index (χ3v) is 3.18. The van der Waals surface area contributed by atoms with Crippen molar-refractivity contribution in [3.05, 3.63) is 0 Å². The topological polar surface area (TPSA) is 49.3 Å². The third kappa shape index (κ3) is 8.51. The van der Waals surface area contributed by atoms with E-state index in [-0.39, 0.29) is 17.9 Å². The van der Waals surface area contributed by atoms with E-state index >= 15 is 0 Å². The molecule has 2 N–H and O–H groups in total. The van der Waals surface area contributed by atoms with E-state index in [1.807, 2.05) is 6.92 Å². The Morgan fingerprint density at radius 3 is 2.17 bits per heavy atom. The van der Waals surface area contributed by atoms with Crippen LogP contribution in [0.15, 0.2) is 0 Å². The zero-order chi connectivity index (χ0) is 14.1. The Kier molecular flexibility index (Phi) is 9.08. The molecule has 0 aliphatic carbocycles. The lowest BCUT2D eigenvalue weighted by Crippen LogP contribution is -2.34. The summed E-state index contributed by atoms with van der Waals surface area (Å²) >= 11 is 0. The minimum Gasteiger partial charge on any atom is -0.393 e. The number of nitrogens with one attached hydrogen (secondary N) is 1. The molecule has 0 radical (unpaired) electrons. The predicted octanol–water partition coefficient (Wildman–Crippen LogP) is 2.97. The largest absolute Gasteiger partial charge is 0.393 e. The summed E-state index contributed by atoms with van der Waals surface area (Å²) in [5.41, 5.74) is 0. The Hall–Kier alpha value is -0.570. The molecule has 3 nitrogen and oxygen atoms in total. The fourth-order valence-corrected chi connectivity index (χ4v) is 1.88. The van der Waals surface area contributed by atoms with Gasteiger partial charge in [0.2, 0.25) is 5.91 Å². The van der Waals surface area contributed by atoms with Gasteiger partial charge in [-0.2, -0.15) is 0 Å². The van der Waals surface area contributed by atoms with Crippen molar-refractivity contribution in [2.24, 2.45) is 17.8 Å². The second-order valence-electron chi connectivity index (χ2n) is 6.10. The van der Waals surface area contributed by atoms with Crippen LogP contribution in [0.1, 0.15) is 60.3 Å². The normalized spacial score (nSPS) is 14.9. The number of rotatable bonds is 9. The maximum Gasteiger partial charge on any atom is 0.223 e. The summed E-state index contributed by atoms with van der Waals surface area (Å²) in [5, 5.41) is 12.9. The van der Waals surface area contributed by atoms with Crippen LogP contribution in [-0.4, -0.2) is 23.7 Å². The molecule has 0 fully saturated rings. The molecule has 0 heterocycles. The summed E-state index contributed by atoms with van der Waals surface area (Å²) in [6, 6.07) is 0. The number of carbonyl (C=O) groups excluding carboxylic acids is 1. The van der Waals surface area contributed by atoms with Crippen LogP contribution < -0.4 is 5.32 Å². The highest BCUT2D eigenvalue weighted by Gasteiger charge is 2.20. The van der Waals surface area contributed by atoms with Gasteiger partial charge in [0.25, 0.3) is 0 Å².